The topological polar surface area (TPSA) is 51.2 Å². The summed E-state index contributed by atoms with van der Waals surface area (Å²) in [6.45, 7) is 1.94. The third kappa shape index (κ3) is 4.67. The number of ether oxygens (including phenoxy) is 1. The SMILES string of the molecule is Cc1cccc(OCC(=O)NC(c2ccccc2)c2ccccn2)c1. The third-order valence-electron chi connectivity index (χ3n) is 3.78. The summed E-state index contributed by atoms with van der Waals surface area (Å²) in [6.07, 6.45) is 1.72. The molecule has 25 heavy (non-hydrogen) atoms. The summed E-state index contributed by atoms with van der Waals surface area (Å²) in [6, 6.07) is 22.8. The Morgan fingerprint density at radius 2 is 1.84 bits per heavy atom. The van der Waals surface area contributed by atoms with E-state index in [-0.39, 0.29) is 18.6 Å². The molecule has 4 nitrogen and oxygen atoms in total. The zero-order valence-electron chi connectivity index (χ0n) is 14.1. The van der Waals surface area contributed by atoms with E-state index in [9.17, 15) is 4.79 Å². The summed E-state index contributed by atoms with van der Waals surface area (Å²) in [4.78, 5) is 16.8. The summed E-state index contributed by atoms with van der Waals surface area (Å²) in [5.74, 6) is 0.491. The van der Waals surface area contributed by atoms with Gasteiger partial charge in [-0.3, -0.25) is 9.78 Å². The van der Waals surface area contributed by atoms with Gasteiger partial charge in [-0.15, -0.1) is 0 Å². The fourth-order valence-electron chi connectivity index (χ4n) is 2.58. The lowest BCUT2D eigenvalue weighted by molar-refractivity contribution is -0.123. The van der Waals surface area contributed by atoms with Crippen LogP contribution in [-0.4, -0.2) is 17.5 Å². The average Bonchev–Trinajstić information content (AvgIpc) is 2.66. The number of hydrogen-bond acceptors (Lipinski definition) is 3. The van der Waals surface area contributed by atoms with Gasteiger partial charge in [0.2, 0.25) is 0 Å². The van der Waals surface area contributed by atoms with E-state index in [0.717, 1.165) is 16.8 Å². The van der Waals surface area contributed by atoms with Gasteiger partial charge in [0.05, 0.1) is 11.7 Å². The number of hydrogen-bond donors (Lipinski definition) is 1. The fourth-order valence-corrected chi connectivity index (χ4v) is 2.58. The Morgan fingerprint density at radius 3 is 2.56 bits per heavy atom. The summed E-state index contributed by atoms with van der Waals surface area (Å²) in [5, 5.41) is 3.01. The number of carbonyl (C=O) groups is 1. The summed E-state index contributed by atoms with van der Waals surface area (Å²) in [7, 11) is 0. The summed E-state index contributed by atoms with van der Waals surface area (Å²) in [5.41, 5.74) is 2.86. The highest BCUT2D eigenvalue weighted by Crippen LogP contribution is 2.20. The van der Waals surface area contributed by atoms with Crippen LogP contribution in [-0.2, 0) is 4.79 Å². The van der Waals surface area contributed by atoms with Crippen molar-refractivity contribution >= 4 is 5.91 Å². The molecule has 0 aliphatic carbocycles. The first-order valence-corrected chi connectivity index (χ1v) is 8.17. The monoisotopic (exact) mass is 332 g/mol. The number of amides is 1. The molecule has 1 aromatic heterocycles. The van der Waals surface area contributed by atoms with Gasteiger partial charge in [0.15, 0.2) is 6.61 Å². The molecule has 3 aromatic rings. The molecule has 3 rings (SSSR count). The molecule has 1 heterocycles. The van der Waals surface area contributed by atoms with E-state index in [0.29, 0.717) is 5.75 Å². The average molecular weight is 332 g/mol. The number of benzene rings is 2. The van der Waals surface area contributed by atoms with Crippen molar-refractivity contribution in [1.29, 1.82) is 0 Å². The van der Waals surface area contributed by atoms with Crippen LogP contribution in [0.5, 0.6) is 5.75 Å². The molecule has 0 fully saturated rings. The van der Waals surface area contributed by atoms with Crippen molar-refractivity contribution in [1.82, 2.24) is 10.3 Å². The predicted octanol–water partition coefficient (Wildman–Crippen LogP) is 3.67. The van der Waals surface area contributed by atoms with Crippen molar-refractivity contribution < 1.29 is 9.53 Å². The van der Waals surface area contributed by atoms with Crippen molar-refractivity contribution in [2.24, 2.45) is 0 Å². The van der Waals surface area contributed by atoms with Crippen LogP contribution in [0.3, 0.4) is 0 Å². The van der Waals surface area contributed by atoms with Crippen molar-refractivity contribution in [2.45, 2.75) is 13.0 Å². The molecule has 0 saturated heterocycles. The first kappa shape index (κ1) is 16.7. The maximum Gasteiger partial charge on any atom is 0.258 e. The molecule has 0 bridgehead atoms. The number of nitrogens with zero attached hydrogens (tertiary/aromatic N) is 1. The van der Waals surface area contributed by atoms with E-state index in [1.807, 2.05) is 79.7 Å². The normalized spacial score (nSPS) is 11.6. The molecule has 0 aliphatic heterocycles. The minimum Gasteiger partial charge on any atom is -0.484 e. The smallest absolute Gasteiger partial charge is 0.258 e. The van der Waals surface area contributed by atoms with E-state index in [2.05, 4.69) is 10.3 Å². The summed E-state index contributed by atoms with van der Waals surface area (Å²) < 4.78 is 5.59. The van der Waals surface area contributed by atoms with Crippen LogP contribution < -0.4 is 10.1 Å². The lowest BCUT2D eigenvalue weighted by Gasteiger charge is -2.19. The van der Waals surface area contributed by atoms with E-state index in [1.165, 1.54) is 0 Å². The van der Waals surface area contributed by atoms with Gasteiger partial charge in [0.25, 0.3) is 5.91 Å². The van der Waals surface area contributed by atoms with E-state index >= 15 is 0 Å². The Kier molecular flexibility index (Phi) is 5.42. The molecule has 1 unspecified atom stereocenters. The molecule has 1 amide bonds. The van der Waals surface area contributed by atoms with Crippen LogP contribution in [0.15, 0.2) is 79.0 Å². The molecule has 4 heteroatoms. The molecule has 126 valence electrons. The number of aryl methyl sites for hydroxylation is 1. The number of rotatable bonds is 6. The van der Waals surface area contributed by atoms with Crippen molar-refractivity contribution in [3.8, 4) is 5.75 Å². The van der Waals surface area contributed by atoms with E-state index in [4.69, 9.17) is 4.74 Å². The second-order valence-electron chi connectivity index (χ2n) is 5.77. The standard InChI is InChI=1S/C21H20N2O2/c1-16-8-7-11-18(14-16)25-15-20(24)23-21(17-9-3-2-4-10-17)19-12-5-6-13-22-19/h2-14,21H,15H2,1H3,(H,23,24). The zero-order valence-corrected chi connectivity index (χ0v) is 14.1. The Labute approximate surface area is 147 Å². The third-order valence-corrected chi connectivity index (χ3v) is 3.78. The molecule has 1 N–H and O–H groups in total. The highest BCUT2D eigenvalue weighted by Gasteiger charge is 2.18. The maximum atomic E-state index is 12.4. The minimum absolute atomic E-state index is 0.0420. The number of pyridine rings is 1. The fraction of sp³-hybridized carbons (Fsp3) is 0.143. The van der Waals surface area contributed by atoms with E-state index in [1.54, 1.807) is 6.20 Å². The van der Waals surface area contributed by atoms with Crippen LogP contribution in [0, 0.1) is 6.92 Å². The van der Waals surface area contributed by atoms with Crippen molar-refractivity contribution in [2.75, 3.05) is 6.61 Å². The van der Waals surface area contributed by atoms with Gasteiger partial charge in [-0.1, -0.05) is 48.5 Å². The predicted molar refractivity (Wildman–Crippen MR) is 97.3 cm³/mol. The van der Waals surface area contributed by atoms with Gasteiger partial charge < -0.3 is 10.1 Å². The second kappa shape index (κ2) is 8.11. The first-order chi connectivity index (χ1) is 12.2. The minimum atomic E-state index is -0.309. The van der Waals surface area contributed by atoms with Crippen LogP contribution in [0.1, 0.15) is 22.9 Å². The highest BCUT2D eigenvalue weighted by molar-refractivity contribution is 5.78. The van der Waals surface area contributed by atoms with Crippen LogP contribution >= 0.6 is 0 Å². The van der Waals surface area contributed by atoms with Gasteiger partial charge in [0, 0.05) is 6.20 Å². The largest absolute Gasteiger partial charge is 0.484 e. The molecule has 1 atom stereocenters. The van der Waals surface area contributed by atoms with Crippen LogP contribution in [0.25, 0.3) is 0 Å². The van der Waals surface area contributed by atoms with Gasteiger partial charge in [-0.2, -0.15) is 0 Å². The summed E-state index contributed by atoms with van der Waals surface area (Å²) >= 11 is 0. The lowest BCUT2D eigenvalue weighted by atomic mass is 10.0. The Bertz CT molecular complexity index is 780. The van der Waals surface area contributed by atoms with Gasteiger partial charge >= 0.3 is 0 Å². The number of nitrogens with one attached hydrogen (secondary N) is 1. The van der Waals surface area contributed by atoms with E-state index < -0.39 is 0 Å². The number of carbonyl (C=O) groups excluding carboxylic acids is 1. The maximum absolute atomic E-state index is 12.4. The van der Waals surface area contributed by atoms with Crippen LogP contribution in [0.2, 0.25) is 0 Å². The Hall–Kier alpha value is -3.14. The second-order valence-corrected chi connectivity index (χ2v) is 5.77. The quantitative estimate of drug-likeness (QED) is 0.749. The van der Waals surface area contributed by atoms with Crippen LogP contribution in [0.4, 0.5) is 0 Å². The molecule has 0 saturated carbocycles. The van der Waals surface area contributed by atoms with Crippen molar-refractivity contribution in [3.63, 3.8) is 0 Å². The van der Waals surface area contributed by atoms with Gasteiger partial charge in [-0.05, 0) is 42.3 Å². The Balaban J connectivity index is 1.71. The number of aromatic nitrogens is 1. The first-order valence-electron chi connectivity index (χ1n) is 8.17. The molecular formula is C21H20N2O2. The Morgan fingerprint density at radius 1 is 1.04 bits per heavy atom. The van der Waals surface area contributed by atoms with Gasteiger partial charge in [0.1, 0.15) is 5.75 Å². The van der Waals surface area contributed by atoms with Crippen molar-refractivity contribution in [3.05, 3.63) is 95.8 Å². The molecule has 0 spiro atoms. The highest BCUT2D eigenvalue weighted by atomic mass is 16.5. The molecule has 0 radical (unpaired) electrons. The van der Waals surface area contributed by atoms with Gasteiger partial charge in [-0.25, -0.2) is 0 Å². The molecule has 2 aromatic carbocycles. The molecule has 0 aliphatic rings. The lowest BCUT2D eigenvalue weighted by Crippen LogP contribution is -2.33. The zero-order chi connectivity index (χ0) is 17.5. The molecular weight excluding hydrogens is 312 g/mol.